The quantitative estimate of drug-likeness (QED) is 0.239. The maximum Gasteiger partial charge on any atom is 0.344 e. The lowest BCUT2D eigenvalue weighted by molar-refractivity contribution is -0.385. The van der Waals surface area contributed by atoms with Crippen molar-refractivity contribution in [3.8, 4) is 0 Å². The van der Waals surface area contributed by atoms with Gasteiger partial charge in [0.05, 0.1) is 23.7 Å². The smallest absolute Gasteiger partial charge is 0.344 e. The molecule has 2 aromatic rings. The number of anilines is 1. The van der Waals surface area contributed by atoms with Crippen LogP contribution in [-0.4, -0.2) is 59.2 Å². The highest BCUT2D eigenvalue weighted by Crippen LogP contribution is 2.31. The van der Waals surface area contributed by atoms with Gasteiger partial charge in [0.2, 0.25) is 11.8 Å². The number of amides is 3. The van der Waals surface area contributed by atoms with Gasteiger partial charge < -0.3 is 13.9 Å². The first kappa shape index (κ1) is 25.1. The summed E-state index contributed by atoms with van der Waals surface area (Å²) in [5, 5.41) is 13.6. The summed E-state index contributed by atoms with van der Waals surface area (Å²) in [6.45, 7) is 4.16. The zero-order chi connectivity index (χ0) is 25.9. The van der Waals surface area contributed by atoms with Crippen molar-refractivity contribution in [2.75, 3.05) is 25.1 Å². The number of fused-ring (bicyclic) bond motifs is 1. The maximum atomic E-state index is 12.6. The number of esters is 2. The van der Waals surface area contributed by atoms with Crippen molar-refractivity contribution in [1.82, 2.24) is 4.90 Å². The molecule has 35 heavy (non-hydrogen) atoms. The summed E-state index contributed by atoms with van der Waals surface area (Å²) >= 11 is 0. The topological polar surface area (TPSA) is 175 Å². The molecule has 13 nitrogen and oxygen atoms in total. The molecule has 184 valence electrons. The van der Waals surface area contributed by atoms with Gasteiger partial charge in [-0.2, -0.15) is 0 Å². The van der Waals surface area contributed by atoms with Crippen LogP contribution in [0.15, 0.2) is 22.6 Å². The predicted octanol–water partition coefficient (Wildman–Crippen LogP) is 2.47. The summed E-state index contributed by atoms with van der Waals surface area (Å²) in [7, 11) is 0. The van der Waals surface area contributed by atoms with Crippen molar-refractivity contribution in [1.29, 1.82) is 0 Å². The molecule has 0 spiro atoms. The second-order valence-corrected chi connectivity index (χ2v) is 7.20. The Morgan fingerprint density at radius 1 is 1.06 bits per heavy atom. The number of nitro groups is 1. The van der Waals surface area contributed by atoms with E-state index in [1.54, 1.807) is 13.8 Å². The Morgan fingerprint density at radius 3 is 2.29 bits per heavy atom. The molecular formula is C22H21N3O10. The molecule has 2 heterocycles. The average Bonchev–Trinajstić information content (AvgIpc) is 3.25. The Hall–Kier alpha value is -4.55. The van der Waals surface area contributed by atoms with Crippen LogP contribution >= 0.6 is 0 Å². The van der Waals surface area contributed by atoms with E-state index in [1.165, 1.54) is 19.1 Å². The van der Waals surface area contributed by atoms with Crippen LogP contribution in [0.3, 0.4) is 0 Å². The Bertz CT molecular complexity index is 1250. The minimum atomic E-state index is -0.921. The Labute approximate surface area is 198 Å². The molecule has 0 unspecified atom stereocenters. The normalized spacial score (nSPS) is 12.4. The van der Waals surface area contributed by atoms with Crippen molar-refractivity contribution in [3.63, 3.8) is 0 Å². The first-order valence-corrected chi connectivity index (χ1v) is 10.5. The van der Waals surface area contributed by atoms with Gasteiger partial charge in [0.1, 0.15) is 22.5 Å². The minimum absolute atomic E-state index is 0.00876. The number of hydrogen-bond donors (Lipinski definition) is 1. The summed E-state index contributed by atoms with van der Waals surface area (Å²) in [5.74, 6) is -4.53. The first-order valence-electron chi connectivity index (χ1n) is 10.5. The van der Waals surface area contributed by atoms with E-state index in [4.69, 9.17) is 13.9 Å². The molecule has 0 aliphatic carbocycles. The summed E-state index contributed by atoms with van der Waals surface area (Å²) < 4.78 is 15.3. The molecule has 1 aromatic carbocycles. The lowest BCUT2D eigenvalue weighted by Gasteiger charge is -2.13. The summed E-state index contributed by atoms with van der Waals surface area (Å²) in [4.78, 5) is 73.8. The molecule has 0 radical (unpaired) electrons. The van der Waals surface area contributed by atoms with Crippen LogP contribution in [0.1, 0.15) is 67.5 Å². The Balaban J connectivity index is 1.79. The lowest BCUT2D eigenvalue weighted by Crippen LogP contribution is -2.33. The molecule has 0 atom stereocenters. The van der Waals surface area contributed by atoms with E-state index in [2.05, 4.69) is 5.32 Å². The third-order valence-corrected chi connectivity index (χ3v) is 5.03. The van der Waals surface area contributed by atoms with Crippen molar-refractivity contribution in [3.05, 3.63) is 56.3 Å². The fourth-order valence-electron chi connectivity index (χ4n) is 3.55. The van der Waals surface area contributed by atoms with Crippen LogP contribution in [0, 0.1) is 17.0 Å². The molecule has 0 saturated carbocycles. The number of nitro benzene ring substituents is 1. The molecule has 0 fully saturated rings. The van der Waals surface area contributed by atoms with Crippen molar-refractivity contribution in [2.45, 2.75) is 27.2 Å². The van der Waals surface area contributed by atoms with Crippen LogP contribution in [0.25, 0.3) is 0 Å². The van der Waals surface area contributed by atoms with E-state index in [1.807, 2.05) is 0 Å². The number of furan rings is 1. The monoisotopic (exact) mass is 487 g/mol. The van der Waals surface area contributed by atoms with Gasteiger partial charge in [0.25, 0.3) is 17.5 Å². The number of aryl methyl sites for hydroxylation is 1. The molecule has 1 aromatic heterocycles. The van der Waals surface area contributed by atoms with Gasteiger partial charge in [0.15, 0.2) is 0 Å². The highest BCUT2D eigenvalue weighted by Gasteiger charge is 2.41. The second-order valence-electron chi connectivity index (χ2n) is 7.20. The van der Waals surface area contributed by atoms with Gasteiger partial charge in [-0.25, -0.2) is 9.59 Å². The number of hydrogen-bond acceptors (Lipinski definition) is 10. The molecule has 0 bridgehead atoms. The first-order chi connectivity index (χ1) is 16.6. The molecular weight excluding hydrogens is 466 g/mol. The van der Waals surface area contributed by atoms with Crippen LogP contribution in [0.2, 0.25) is 0 Å². The zero-order valence-electron chi connectivity index (χ0n) is 19.0. The second kappa shape index (κ2) is 10.2. The third-order valence-electron chi connectivity index (χ3n) is 5.03. The highest BCUT2D eigenvalue weighted by atomic mass is 16.6. The molecule has 1 aliphatic heterocycles. The van der Waals surface area contributed by atoms with E-state index in [0.717, 1.165) is 11.0 Å². The number of carbonyl (C=O) groups is 5. The third kappa shape index (κ3) is 4.74. The molecule has 13 heteroatoms. The van der Waals surface area contributed by atoms with Gasteiger partial charge in [-0.15, -0.1) is 0 Å². The van der Waals surface area contributed by atoms with E-state index in [0.29, 0.717) is 0 Å². The standard InChI is InChI=1S/C22H21N3O10/c1-4-33-21(29)15-11(3)35-18(17(15)22(30)34-5-2)23-14(26)9-10-24-19(27)12-7-6-8-13(25(31)32)16(12)20(24)28/h6-8H,4-5,9-10H2,1-3H3,(H,23,26). The predicted molar refractivity (Wildman–Crippen MR) is 117 cm³/mol. The van der Waals surface area contributed by atoms with Gasteiger partial charge in [-0.05, 0) is 26.8 Å². The Morgan fingerprint density at radius 2 is 1.69 bits per heavy atom. The van der Waals surface area contributed by atoms with E-state index >= 15 is 0 Å². The molecule has 3 amide bonds. The average molecular weight is 487 g/mol. The number of imide groups is 1. The molecule has 1 aliphatic rings. The maximum absolute atomic E-state index is 12.6. The van der Waals surface area contributed by atoms with E-state index < -0.39 is 53.2 Å². The van der Waals surface area contributed by atoms with Crippen LogP contribution in [0.4, 0.5) is 11.6 Å². The molecule has 3 rings (SSSR count). The number of carbonyl (C=O) groups excluding carboxylic acids is 5. The summed E-state index contributed by atoms with van der Waals surface area (Å²) in [6.07, 6.45) is -0.421. The van der Waals surface area contributed by atoms with Crippen molar-refractivity contribution in [2.24, 2.45) is 0 Å². The number of benzene rings is 1. The summed E-state index contributed by atoms with van der Waals surface area (Å²) in [6, 6.07) is 3.68. The highest BCUT2D eigenvalue weighted by molar-refractivity contribution is 6.23. The van der Waals surface area contributed by atoms with Crippen LogP contribution in [0.5, 0.6) is 0 Å². The van der Waals surface area contributed by atoms with Gasteiger partial charge >= 0.3 is 11.9 Å². The fourth-order valence-corrected chi connectivity index (χ4v) is 3.55. The lowest BCUT2D eigenvalue weighted by atomic mass is 10.1. The van der Waals surface area contributed by atoms with E-state index in [-0.39, 0.29) is 47.1 Å². The zero-order valence-corrected chi connectivity index (χ0v) is 19.0. The number of rotatable bonds is 9. The SMILES string of the molecule is CCOC(=O)c1c(C)oc(NC(=O)CCN2C(=O)c3cccc([N+](=O)[O-])c3C2=O)c1C(=O)OCC. The molecule has 1 N–H and O–H groups in total. The number of nitrogens with zero attached hydrogens (tertiary/aromatic N) is 2. The van der Waals surface area contributed by atoms with Crippen molar-refractivity contribution >= 4 is 41.2 Å². The van der Waals surface area contributed by atoms with Crippen LogP contribution < -0.4 is 5.32 Å². The fraction of sp³-hybridized carbons (Fsp3) is 0.318. The minimum Gasteiger partial charge on any atom is -0.462 e. The number of nitrogens with one attached hydrogen (secondary N) is 1. The van der Waals surface area contributed by atoms with Gasteiger partial charge in [0, 0.05) is 19.0 Å². The van der Waals surface area contributed by atoms with Crippen LogP contribution in [-0.2, 0) is 14.3 Å². The Kier molecular flexibility index (Phi) is 7.28. The van der Waals surface area contributed by atoms with Crippen molar-refractivity contribution < 1.29 is 42.8 Å². The largest absolute Gasteiger partial charge is 0.462 e. The molecule has 0 saturated heterocycles. The summed E-state index contributed by atoms with van der Waals surface area (Å²) in [5.41, 5.74) is -1.51. The van der Waals surface area contributed by atoms with Gasteiger partial charge in [-0.1, -0.05) is 6.07 Å². The van der Waals surface area contributed by atoms with E-state index in [9.17, 15) is 34.1 Å². The van der Waals surface area contributed by atoms with Gasteiger partial charge in [-0.3, -0.25) is 34.7 Å². The number of ether oxygens (including phenoxy) is 2.